The molecule has 1 atom stereocenters. The molecule has 0 saturated heterocycles. The molecule has 0 aliphatic heterocycles. The molecule has 1 rings (SSSR count). The van der Waals surface area contributed by atoms with E-state index >= 15 is 0 Å². The van der Waals surface area contributed by atoms with Gasteiger partial charge in [-0.3, -0.25) is 4.79 Å². The van der Waals surface area contributed by atoms with Gasteiger partial charge in [0.25, 0.3) is 0 Å². The minimum Gasteiger partial charge on any atom is -0.468 e. The van der Waals surface area contributed by atoms with Gasteiger partial charge in [-0.05, 0) is 45.3 Å². The highest BCUT2D eigenvalue weighted by Crippen LogP contribution is 2.11. The summed E-state index contributed by atoms with van der Waals surface area (Å²) in [7, 11) is 3.47. The molecule has 0 fully saturated rings. The molecule has 0 spiro atoms. The van der Waals surface area contributed by atoms with Crippen LogP contribution in [0.2, 0.25) is 0 Å². The Morgan fingerprint density at radius 3 is 2.55 bits per heavy atom. The lowest BCUT2D eigenvalue weighted by molar-refractivity contribution is -0.146. The van der Waals surface area contributed by atoms with E-state index in [1.807, 2.05) is 6.07 Å². The molecule has 0 aromatic heterocycles. The van der Waals surface area contributed by atoms with Gasteiger partial charge in [-0.1, -0.05) is 30.3 Å². The summed E-state index contributed by atoms with van der Waals surface area (Å²) >= 11 is 0. The Morgan fingerprint density at radius 2 is 1.95 bits per heavy atom. The Hall–Kier alpha value is -1.39. The van der Waals surface area contributed by atoms with Crippen LogP contribution in [0.15, 0.2) is 30.3 Å². The number of likely N-dealkylation sites (N-methyl/N-ethyl adjacent to an activating group) is 1. The van der Waals surface area contributed by atoms with Gasteiger partial charge in [0, 0.05) is 6.54 Å². The normalized spacial score (nSPS) is 14.1. The molecule has 0 amide bonds. The lowest BCUT2D eigenvalue weighted by atomic mass is 9.97. The van der Waals surface area contributed by atoms with Gasteiger partial charge in [-0.2, -0.15) is 0 Å². The molecule has 2 N–H and O–H groups in total. The third kappa shape index (κ3) is 5.72. The van der Waals surface area contributed by atoms with Gasteiger partial charge in [0.1, 0.15) is 5.54 Å². The number of hydrogen-bond donors (Lipinski definition) is 1. The van der Waals surface area contributed by atoms with E-state index in [2.05, 4.69) is 36.2 Å². The van der Waals surface area contributed by atoms with Crippen molar-refractivity contribution in [2.45, 2.75) is 31.7 Å². The van der Waals surface area contributed by atoms with Crippen LogP contribution in [0, 0.1) is 0 Å². The largest absolute Gasteiger partial charge is 0.468 e. The second kappa shape index (κ2) is 8.02. The van der Waals surface area contributed by atoms with Gasteiger partial charge in [-0.15, -0.1) is 0 Å². The fourth-order valence-electron chi connectivity index (χ4n) is 2.13. The highest BCUT2D eigenvalue weighted by atomic mass is 16.5. The van der Waals surface area contributed by atoms with Crippen molar-refractivity contribution in [2.75, 3.05) is 27.2 Å². The van der Waals surface area contributed by atoms with Crippen LogP contribution >= 0.6 is 0 Å². The van der Waals surface area contributed by atoms with Crippen molar-refractivity contribution in [3.63, 3.8) is 0 Å². The SMILES string of the molecule is COC(=O)C(C)(N)CCCN(C)CCc1ccccc1. The molecule has 4 heteroatoms. The molecule has 0 bridgehead atoms. The number of ether oxygens (including phenoxy) is 1. The van der Waals surface area contributed by atoms with Crippen LogP contribution in [0.25, 0.3) is 0 Å². The van der Waals surface area contributed by atoms with E-state index in [9.17, 15) is 4.79 Å². The minimum atomic E-state index is -0.880. The lowest BCUT2D eigenvalue weighted by Crippen LogP contribution is -2.46. The van der Waals surface area contributed by atoms with Crippen molar-refractivity contribution in [1.82, 2.24) is 4.90 Å². The van der Waals surface area contributed by atoms with Crippen LogP contribution in [0.4, 0.5) is 0 Å². The number of nitrogens with zero attached hydrogens (tertiary/aromatic N) is 1. The van der Waals surface area contributed by atoms with Crippen molar-refractivity contribution in [3.8, 4) is 0 Å². The summed E-state index contributed by atoms with van der Waals surface area (Å²) in [5.41, 5.74) is 6.39. The van der Waals surface area contributed by atoms with E-state index in [1.54, 1.807) is 6.92 Å². The van der Waals surface area contributed by atoms with Crippen molar-refractivity contribution < 1.29 is 9.53 Å². The Bertz CT molecular complexity index is 404. The average Bonchev–Trinajstić information content (AvgIpc) is 2.45. The van der Waals surface area contributed by atoms with E-state index in [0.29, 0.717) is 6.42 Å². The molecule has 112 valence electrons. The predicted octanol–water partition coefficient (Wildman–Crippen LogP) is 1.83. The van der Waals surface area contributed by atoms with Crippen molar-refractivity contribution in [1.29, 1.82) is 0 Å². The van der Waals surface area contributed by atoms with E-state index in [0.717, 1.165) is 25.9 Å². The topological polar surface area (TPSA) is 55.6 Å². The number of benzene rings is 1. The molecule has 0 saturated carbocycles. The third-order valence-electron chi connectivity index (χ3n) is 3.51. The summed E-state index contributed by atoms with van der Waals surface area (Å²) in [6, 6.07) is 10.4. The summed E-state index contributed by atoms with van der Waals surface area (Å²) in [5.74, 6) is -0.343. The maximum atomic E-state index is 11.5. The molecule has 0 aliphatic rings. The van der Waals surface area contributed by atoms with E-state index in [4.69, 9.17) is 10.5 Å². The van der Waals surface area contributed by atoms with Crippen molar-refractivity contribution in [3.05, 3.63) is 35.9 Å². The van der Waals surface area contributed by atoms with Gasteiger partial charge < -0.3 is 15.4 Å². The molecule has 0 heterocycles. The fourth-order valence-corrected chi connectivity index (χ4v) is 2.13. The number of carbonyl (C=O) groups excluding carboxylic acids is 1. The second-order valence-corrected chi connectivity index (χ2v) is 5.55. The van der Waals surface area contributed by atoms with Crippen LogP contribution in [-0.2, 0) is 16.0 Å². The Morgan fingerprint density at radius 1 is 1.30 bits per heavy atom. The Kier molecular flexibility index (Phi) is 6.68. The summed E-state index contributed by atoms with van der Waals surface area (Å²) in [5, 5.41) is 0. The zero-order chi connectivity index (χ0) is 15.0. The number of carbonyl (C=O) groups is 1. The summed E-state index contributed by atoms with van der Waals surface area (Å²) in [6.45, 7) is 3.66. The third-order valence-corrected chi connectivity index (χ3v) is 3.51. The standard InChI is InChI=1S/C16H26N2O2/c1-16(17,15(19)20-3)11-7-12-18(2)13-10-14-8-5-4-6-9-14/h4-6,8-9H,7,10-13,17H2,1-3H3. The van der Waals surface area contributed by atoms with E-state index in [-0.39, 0.29) is 5.97 Å². The maximum Gasteiger partial charge on any atom is 0.325 e. The quantitative estimate of drug-likeness (QED) is 0.737. The van der Waals surface area contributed by atoms with Gasteiger partial charge in [-0.25, -0.2) is 0 Å². The highest BCUT2D eigenvalue weighted by molar-refractivity contribution is 5.79. The summed E-state index contributed by atoms with van der Waals surface area (Å²) in [4.78, 5) is 13.7. The molecule has 4 nitrogen and oxygen atoms in total. The average molecular weight is 278 g/mol. The van der Waals surface area contributed by atoms with Crippen molar-refractivity contribution >= 4 is 5.97 Å². The first kappa shape index (κ1) is 16.7. The monoisotopic (exact) mass is 278 g/mol. The maximum absolute atomic E-state index is 11.5. The van der Waals surface area contributed by atoms with E-state index < -0.39 is 5.54 Å². The molecule has 1 aromatic carbocycles. The van der Waals surface area contributed by atoms with Gasteiger partial charge in [0.15, 0.2) is 0 Å². The number of esters is 1. The second-order valence-electron chi connectivity index (χ2n) is 5.55. The highest BCUT2D eigenvalue weighted by Gasteiger charge is 2.28. The minimum absolute atomic E-state index is 0.343. The molecule has 0 aliphatic carbocycles. The molecule has 0 radical (unpaired) electrons. The molecule has 20 heavy (non-hydrogen) atoms. The first-order chi connectivity index (χ1) is 9.45. The van der Waals surface area contributed by atoms with E-state index in [1.165, 1.54) is 12.7 Å². The van der Waals surface area contributed by atoms with Crippen LogP contribution in [-0.4, -0.2) is 43.7 Å². The summed E-state index contributed by atoms with van der Waals surface area (Å²) in [6.07, 6.45) is 2.55. The van der Waals surface area contributed by atoms with Gasteiger partial charge in [0.2, 0.25) is 0 Å². The smallest absolute Gasteiger partial charge is 0.325 e. The lowest BCUT2D eigenvalue weighted by Gasteiger charge is -2.23. The molecular weight excluding hydrogens is 252 g/mol. The first-order valence-corrected chi connectivity index (χ1v) is 7.05. The zero-order valence-corrected chi connectivity index (χ0v) is 12.8. The number of nitrogens with two attached hydrogens (primary N) is 1. The van der Waals surface area contributed by atoms with Crippen LogP contribution in [0.1, 0.15) is 25.3 Å². The van der Waals surface area contributed by atoms with Crippen molar-refractivity contribution in [2.24, 2.45) is 5.73 Å². The number of hydrogen-bond acceptors (Lipinski definition) is 4. The first-order valence-electron chi connectivity index (χ1n) is 7.05. The van der Waals surface area contributed by atoms with Gasteiger partial charge in [0.05, 0.1) is 7.11 Å². The molecule has 1 aromatic rings. The molecular formula is C16H26N2O2. The zero-order valence-electron chi connectivity index (χ0n) is 12.8. The van der Waals surface area contributed by atoms with Crippen LogP contribution in [0.5, 0.6) is 0 Å². The Balaban J connectivity index is 2.23. The van der Waals surface area contributed by atoms with Crippen LogP contribution in [0.3, 0.4) is 0 Å². The number of methoxy groups -OCH3 is 1. The van der Waals surface area contributed by atoms with Crippen LogP contribution < -0.4 is 5.73 Å². The predicted molar refractivity (Wildman–Crippen MR) is 81.5 cm³/mol. The number of rotatable bonds is 8. The summed E-state index contributed by atoms with van der Waals surface area (Å²) < 4.78 is 4.70. The Labute approximate surface area is 121 Å². The molecule has 1 unspecified atom stereocenters. The van der Waals surface area contributed by atoms with Gasteiger partial charge >= 0.3 is 5.97 Å². The fraction of sp³-hybridized carbons (Fsp3) is 0.562.